The molecule has 0 aromatic carbocycles. The number of anilines is 1. The van der Waals surface area contributed by atoms with Crippen molar-refractivity contribution >= 4 is 17.4 Å². The van der Waals surface area contributed by atoms with Crippen LogP contribution >= 0.6 is 11.8 Å². The van der Waals surface area contributed by atoms with Crippen LogP contribution in [0.1, 0.15) is 18.5 Å². The molecule has 0 spiro atoms. The van der Waals surface area contributed by atoms with Crippen LogP contribution in [0.15, 0.2) is 12.3 Å². The fourth-order valence-electron chi connectivity index (χ4n) is 2.05. The second kappa shape index (κ2) is 6.15. The van der Waals surface area contributed by atoms with Gasteiger partial charge in [0.15, 0.2) is 5.75 Å². The van der Waals surface area contributed by atoms with Crippen LogP contribution in [0.25, 0.3) is 0 Å². The topological polar surface area (TPSA) is 34.1 Å². The van der Waals surface area contributed by atoms with Crippen molar-refractivity contribution in [1.29, 1.82) is 0 Å². The maximum absolute atomic E-state index is 5.31. The first-order valence-electron chi connectivity index (χ1n) is 6.12. The van der Waals surface area contributed by atoms with Crippen molar-refractivity contribution in [1.82, 2.24) is 4.98 Å². The van der Waals surface area contributed by atoms with Crippen molar-refractivity contribution in [3.05, 3.63) is 18.0 Å². The lowest BCUT2D eigenvalue weighted by molar-refractivity contribution is 0.413. The Hall–Kier alpha value is -0.900. The largest absolute Gasteiger partial charge is 0.493 e. The summed E-state index contributed by atoms with van der Waals surface area (Å²) in [5, 5.41) is 3.50. The Labute approximate surface area is 107 Å². The molecule has 0 amide bonds. The van der Waals surface area contributed by atoms with Crippen molar-refractivity contribution in [2.24, 2.45) is 5.92 Å². The third kappa shape index (κ3) is 3.53. The molecule has 4 heteroatoms. The SMILES string of the molecule is COc1cnc(C)cc1NCC1CCSCC1. The Kier molecular flexibility index (Phi) is 4.54. The molecule has 1 fully saturated rings. The van der Waals surface area contributed by atoms with Gasteiger partial charge in [0.2, 0.25) is 0 Å². The minimum atomic E-state index is 0.800. The van der Waals surface area contributed by atoms with Crippen molar-refractivity contribution in [3.8, 4) is 5.75 Å². The second-order valence-corrected chi connectivity index (χ2v) is 5.69. The molecule has 2 rings (SSSR count). The van der Waals surface area contributed by atoms with E-state index in [9.17, 15) is 0 Å². The van der Waals surface area contributed by atoms with E-state index in [0.29, 0.717) is 0 Å². The summed E-state index contributed by atoms with van der Waals surface area (Å²) >= 11 is 2.07. The summed E-state index contributed by atoms with van der Waals surface area (Å²) in [6.45, 7) is 3.04. The highest BCUT2D eigenvalue weighted by atomic mass is 32.2. The quantitative estimate of drug-likeness (QED) is 0.893. The summed E-state index contributed by atoms with van der Waals surface area (Å²) in [5.74, 6) is 4.24. The first-order valence-corrected chi connectivity index (χ1v) is 7.27. The molecule has 1 aromatic rings. The van der Waals surface area contributed by atoms with Gasteiger partial charge in [-0.3, -0.25) is 4.98 Å². The monoisotopic (exact) mass is 252 g/mol. The lowest BCUT2D eigenvalue weighted by Crippen LogP contribution is -2.19. The van der Waals surface area contributed by atoms with Gasteiger partial charge < -0.3 is 10.1 Å². The van der Waals surface area contributed by atoms with E-state index in [1.807, 2.05) is 6.92 Å². The molecule has 0 aliphatic carbocycles. The van der Waals surface area contributed by atoms with Crippen LogP contribution in [0, 0.1) is 12.8 Å². The Morgan fingerprint density at radius 2 is 2.24 bits per heavy atom. The third-order valence-electron chi connectivity index (χ3n) is 3.15. The van der Waals surface area contributed by atoms with Gasteiger partial charge in [0.1, 0.15) is 0 Å². The predicted octanol–water partition coefficient (Wildman–Crippen LogP) is 2.95. The zero-order valence-corrected chi connectivity index (χ0v) is 11.3. The smallest absolute Gasteiger partial charge is 0.160 e. The van der Waals surface area contributed by atoms with Crippen LogP contribution in [0.2, 0.25) is 0 Å². The average Bonchev–Trinajstić information content (AvgIpc) is 2.38. The molecule has 0 bridgehead atoms. The molecule has 0 radical (unpaired) electrons. The summed E-state index contributed by atoms with van der Waals surface area (Å²) in [6, 6.07) is 2.05. The van der Waals surface area contributed by atoms with Gasteiger partial charge in [0.25, 0.3) is 0 Å². The van der Waals surface area contributed by atoms with Crippen LogP contribution in [-0.2, 0) is 0 Å². The van der Waals surface area contributed by atoms with Gasteiger partial charge in [-0.2, -0.15) is 11.8 Å². The molecule has 1 aromatic heterocycles. The van der Waals surface area contributed by atoms with Crippen molar-refractivity contribution in [2.75, 3.05) is 30.5 Å². The number of nitrogens with one attached hydrogen (secondary N) is 1. The number of hydrogen-bond donors (Lipinski definition) is 1. The standard InChI is InChI=1S/C13H20N2OS/c1-10-7-12(13(16-2)9-14-10)15-8-11-3-5-17-6-4-11/h7,9,11H,3-6,8H2,1-2H3,(H,14,15). The molecule has 0 unspecified atom stereocenters. The number of ether oxygens (including phenoxy) is 1. The molecule has 1 saturated heterocycles. The lowest BCUT2D eigenvalue weighted by Gasteiger charge is -2.22. The number of methoxy groups -OCH3 is 1. The minimum absolute atomic E-state index is 0.800. The Morgan fingerprint density at radius 3 is 2.94 bits per heavy atom. The van der Waals surface area contributed by atoms with E-state index in [1.54, 1.807) is 13.3 Å². The predicted molar refractivity (Wildman–Crippen MR) is 74.1 cm³/mol. The van der Waals surface area contributed by atoms with Crippen molar-refractivity contribution < 1.29 is 4.74 Å². The summed E-state index contributed by atoms with van der Waals surface area (Å²) < 4.78 is 5.31. The average molecular weight is 252 g/mol. The lowest BCUT2D eigenvalue weighted by atomic mass is 10.0. The number of rotatable bonds is 4. The summed E-state index contributed by atoms with van der Waals surface area (Å²) in [7, 11) is 1.69. The molecule has 1 aliphatic rings. The van der Waals surface area contributed by atoms with Crippen LogP contribution in [-0.4, -0.2) is 30.1 Å². The summed E-state index contributed by atoms with van der Waals surface area (Å²) in [5.41, 5.74) is 2.09. The van der Waals surface area contributed by atoms with E-state index in [1.165, 1.54) is 24.3 Å². The molecule has 94 valence electrons. The van der Waals surface area contributed by atoms with E-state index in [0.717, 1.165) is 29.6 Å². The fourth-order valence-corrected chi connectivity index (χ4v) is 3.26. The van der Waals surface area contributed by atoms with E-state index in [2.05, 4.69) is 28.1 Å². The van der Waals surface area contributed by atoms with E-state index >= 15 is 0 Å². The first-order chi connectivity index (χ1) is 8.29. The maximum Gasteiger partial charge on any atom is 0.160 e. The van der Waals surface area contributed by atoms with Crippen LogP contribution < -0.4 is 10.1 Å². The zero-order valence-electron chi connectivity index (χ0n) is 10.5. The molecule has 0 saturated carbocycles. The number of nitrogens with zero attached hydrogens (tertiary/aromatic N) is 1. The van der Waals surface area contributed by atoms with E-state index in [4.69, 9.17) is 4.74 Å². The Bertz CT molecular complexity index is 364. The maximum atomic E-state index is 5.31. The summed E-state index contributed by atoms with van der Waals surface area (Å²) in [4.78, 5) is 4.24. The van der Waals surface area contributed by atoms with Gasteiger partial charge in [0.05, 0.1) is 19.0 Å². The number of hydrogen-bond acceptors (Lipinski definition) is 4. The van der Waals surface area contributed by atoms with E-state index < -0.39 is 0 Å². The number of aryl methyl sites for hydroxylation is 1. The van der Waals surface area contributed by atoms with E-state index in [-0.39, 0.29) is 0 Å². The molecule has 0 atom stereocenters. The minimum Gasteiger partial charge on any atom is -0.493 e. The molecular weight excluding hydrogens is 232 g/mol. The second-order valence-electron chi connectivity index (χ2n) is 4.46. The molecule has 2 heterocycles. The number of pyridine rings is 1. The van der Waals surface area contributed by atoms with Gasteiger partial charge in [-0.1, -0.05) is 0 Å². The molecular formula is C13H20N2OS. The normalized spacial score (nSPS) is 16.8. The molecule has 1 aliphatic heterocycles. The fraction of sp³-hybridized carbons (Fsp3) is 0.615. The first kappa shape index (κ1) is 12.6. The van der Waals surface area contributed by atoms with Crippen LogP contribution in [0.3, 0.4) is 0 Å². The van der Waals surface area contributed by atoms with Gasteiger partial charge >= 0.3 is 0 Å². The highest BCUT2D eigenvalue weighted by molar-refractivity contribution is 7.99. The van der Waals surface area contributed by atoms with Gasteiger partial charge in [-0.05, 0) is 43.3 Å². The third-order valence-corrected chi connectivity index (χ3v) is 4.19. The van der Waals surface area contributed by atoms with Crippen LogP contribution in [0.5, 0.6) is 5.75 Å². The molecule has 17 heavy (non-hydrogen) atoms. The van der Waals surface area contributed by atoms with Crippen LogP contribution in [0.4, 0.5) is 5.69 Å². The van der Waals surface area contributed by atoms with Gasteiger partial charge in [-0.25, -0.2) is 0 Å². The van der Waals surface area contributed by atoms with Crippen molar-refractivity contribution in [3.63, 3.8) is 0 Å². The number of aromatic nitrogens is 1. The Morgan fingerprint density at radius 1 is 1.47 bits per heavy atom. The van der Waals surface area contributed by atoms with Crippen molar-refractivity contribution in [2.45, 2.75) is 19.8 Å². The zero-order chi connectivity index (χ0) is 12.1. The molecule has 3 nitrogen and oxygen atoms in total. The Balaban J connectivity index is 1.95. The molecule has 1 N–H and O–H groups in total. The summed E-state index contributed by atoms with van der Waals surface area (Å²) in [6.07, 6.45) is 4.43. The van der Waals surface area contributed by atoms with Gasteiger partial charge in [-0.15, -0.1) is 0 Å². The number of thioether (sulfide) groups is 1. The van der Waals surface area contributed by atoms with Gasteiger partial charge in [0, 0.05) is 12.2 Å². The highest BCUT2D eigenvalue weighted by Gasteiger charge is 2.14. The highest BCUT2D eigenvalue weighted by Crippen LogP contribution is 2.26.